The van der Waals surface area contributed by atoms with Gasteiger partial charge < -0.3 is 4.57 Å². The molecule has 0 saturated carbocycles. The highest BCUT2D eigenvalue weighted by atomic mass is 19.3. The van der Waals surface area contributed by atoms with E-state index in [1.807, 2.05) is 19.2 Å². The van der Waals surface area contributed by atoms with Crippen molar-refractivity contribution in [1.82, 2.24) is 4.57 Å². The predicted molar refractivity (Wildman–Crippen MR) is 53.9 cm³/mol. The SMILES string of the molecule is Cc1cc(C(C)(C)C)cn1CC(F)F. The van der Waals surface area contributed by atoms with Crippen LogP contribution in [0.5, 0.6) is 0 Å². The zero-order valence-corrected chi connectivity index (χ0v) is 9.14. The van der Waals surface area contributed by atoms with Crippen LogP contribution < -0.4 is 0 Å². The predicted octanol–water partition coefficient (Wildman–Crippen LogP) is 3.36. The first-order chi connectivity index (χ1) is 6.30. The highest BCUT2D eigenvalue weighted by Gasteiger charge is 2.17. The summed E-state index contributed by atoms with van der Waals surface area (Å²) in [4.78, 5) is 0. The van der Waals surface area contributed by atoms with E-state index in [0.717, 1.165) is 11.3 Å². The molecule has 14 heavy (non-hydrogen) atoms. The second-order valence-corrected chi connectivity index (χ2v) is 4.66. The first kappa shape index (κ1) is 11.2. The van der Waals surface area contributed by atoms with Gasteiger partial charge in [0.05, 0.1) is 6.54 Å². The van der Waals surface area contributed by atoms with E-state index in [4.69, 9.17) is 0 Å². The van der Waals surface area contributed by atoms with Crippen molar-refractivity contribution in [3.05, 3.63) is 23.5 Å². The fourth-order valence-electron chi connectivity index (χ4n) is 1.37. The molecular formula is C11H17F2N. The number of aromatic nitrogens is 1. The lowest BCUT2D eigenvalue weighted by Gasteiger charge is -2.16. The van der Waals surface area contributed by atoms with Gasteiger partial charge in [0.1, 0.15) is 0 Å². The monoisotopic (exact) mass is 201 g/mol. The van der Waals surface area contributed by atoms with Crippen LogP contribution in [0.3, 0.4) is 0 Å². The summed E-state index contributed by atoms with van der Waals surface area (Å²) in [5.74, 6) is 0. The van der Waals surface area contributed by atoms with Crippen molar-refractivity contribution >= 4 is 0 Å². The van der Waals surface area contributed by atoms with Crippen LogP contribution in [0.1, 0.15) is 32.0 Å². The van der Waals surface area contributed by atoms with E-state index < -0.39 is 6.43 Å². The summed E-state index contributed by atoms with van der Waals surface area (Å²) < 4.78 is 26.0. The van der Waals surface area contributed by atoms with Crippen molar-refractivity contribution < 1.29 is 8.78 Å². The van der Waals surface area contributed by atoms with Gasteiger partial charge in [0.2, 0.25) is 0 Å². The maximum atomic E-state index is 12.2. The molecule has 0 aromatic carbocycles. The number of hydrogen-bond donors (Lipinski definition) is 0. The minimum absolute atomic E-state index is 0.0259. The van der Waals surface area contributed by atoms with Crippen molar-refractivity contribution in [3.8, 4) is 0 Å². The van der Waals surface area contributed by atoms with Gasteiger partial charge in [0, 0.05) is 11.9 Å². The Labute approximate surface area is 83.7 Å². The highest BCUT2D eigenvalue weighted by Crippen LogP contribution is 2.24. The number of halogens is 2. The lowest BCUT2D eigenvalue weighted by molar-refractivity contribution is 0.126. The van der Waals surface area contributed by atoms with Crippen LogP contribution in [0.2, 0.25) is 0 Å². The number of aryl methyl sites for hydroxylation is 1. The van der Waals surface area contributed by atoms with Crippen LogP contribution in [0.4, 0.5) is 8.78 Å². The van der Waals surface area contributed by atoms with E-state index in [0.29, 0.717) is 0 Å². The Morgan fingerprint density at radius 2 is 1.93 bits per heavy atom. The Morgan fingerprint density at radius 1 is 1.36 bits per heavy atom. The van der Waals surface area contributed by atoms with Crippen LogP contribution in [0.25, 0.3) is 0 Å². The zero-order valence-electron chi connectivity index (χ0n) is 9.14. The first-order valence-corrected chi connectivity index (χ1v) is 4.76. The first-order valence-electron chi connectivity index (χ1n) is 4.76. The van der Waals surface area contributed by atoms with Gasteiger partial charge in [-0.25, -0.2) is 8.78 Å². The Balaban J connectivity index is 2.94. The zero-order chi connectivity index (χ0) is 10.9. The van der Waals surface area contributed by atoms with Crippen LogP contribution in [-0.2, 0) is 12.0 Å². The third-order valence-corrected chi connectivity index (χ3v) is 2.31. The standard InChI is InChI=1S/C11H17F2N/c1-8-5-9(11(2,3)4)6-14(8)7-10(12)13/h5-6,10H,7H2,1-4H3. The van der Waals surface area contributed by atoms with E-state index in [9.17, 15) is 8.78 Å². The number of nitrogens with zero attached hydrogens (tertiary/aromatic N) is 1. The topological polar surface area (TPSA) is 4.93 Å². The molecule has 0 unspecified atom stereocenters. The average molecular weight is 201 g/mol. The van der Waals surface area contributed by atoms with Gasteiger partial charge in [-0.05, 0) is 24.0 Å². The summed E-state index contributed by atoms with van der Waals surface area (Å²) in [6.07, 6.45) is -0.462. The quantitative estimate of drug-likeness (QED) is 0.691. The van der Waals surface area contributed by atoms with E-state index in [-0.39, 0.29) is 12.0 Å². The van der Waals surface area contributed by atoms with Crippen molar-refractivity contribution in [2.45, 2.75) is 46.1 Å². The fourth-order valence-corrected chi connectivity index (χ4v) is 1.37. The molecule has 0 aliphatic rings. The molecule has 0 amide bonds. The third-order valence-electron chi connectivity index (χ3n) is 2.31. The van der Waals surface area contributed by atoms with Crippen molar-refractivity contribution in [2.24, 2.45) is 0 Å². The molecule has 80 valence electrons. The molecule has 1 rings (SSSR count). The Bertz CT molecular complexity index is 308. The normalized spacial score (nSPS) is 12.5. The number of alkyl halides is 2. The van der Waals surface area contributed by atoms with Gasteiger partial charge >= 0.3 is 0 Å². The second-order valence-electron chi connectivity index (χ2n) is 4.66. The minimum Gasteiger partial charge on any atom is -0.346 e. The lowest BCUT2D eigenvalue weighted by Crippen LogP contribution is -2.10. The molecule has 1 aromatic heterocycles. The molecule has 1 aromatic rings. The van der Waals surface area contributed by atoms with Crippen LogP contribution in [-0.4, -0.2) is 11.0 Å². The Hall–Kier alpha value is -0.860. The van der Waals surface area contributed by atoms with E-state index in [2.05, 4.69) is 20.8 Å². The summed E-state index contributed by atoms with van der Waals surface area (Å²) in [6, 6.07) is 1.97. The molecule has 0 bridgehead atoms. The van der Waals surface area contributed by atoms with Crippen LogP contribution in [0, 0.1) is 6.92 Å². The van der Waals surface area contributed by atoms with E-state index >= 15 is 0 Å². The molecule has 0 radical (unpaired) electrons. The van der Waals surface area contributed by atoms with Gasteiger partial charge in [0.15, 0.2) is 0 Å². The summed E-state index contributed by atoms with van der Waals surface area (Å²) in [5.41, 5.74) is 2.03. The highest BCUT2D eigenvalue weighted by molar-refractivity contribution is 5.24. The smallest absolute Gasteiger partial charge is 0.256 e. The molecule has 1 heterocycles. The molecule has 3 heteroatoms. The van der Waals surface area contributed by atoms with E-state index in [1.165, 1.54) is 0 Å². The molecule has 0 aliphatic carbocycles. The van der Waals surface area contributed by atoms with Gasteiger partial charge in [-0.3, -0.25) is 0 Å². The van der Waals surface area contributed by atoms with Crippen molar-refractivity contribution in [2.75, 3.05) is 0 Å². The van der Waals surface area contributed by atoms with Crippen molar-refractivity contribution in [1.29, 1.82) is 0 Å². The summed E-state index contributed by atoms with van der Waals surface area (Å²) in [6.45, 7) is 7.89. The Kier molecular flexibility index (Phi) is 2.98. The molecule has 0 atom stereocenters. The molecule has 1 nitrogen and oxygen atoms in total. The third kappa shape index (κ3) is 2.56. The maximum Gasteiger partial charge on any atom is 0.256 e. The van der Waals surface area contributed by atoms with Gasteiger partial charge in [-0.15, -0.1) is 0 Å². The number of hydrogen-bond acceptors (Lipinski definition) is 0. The summed E-state index contributed by atoms with van der Waals surface area (Å²) in [7, 11) is 0. The van der Waals surface area contributed by atoms with Crippen LogP contribution >= 0.6 is 0 Å². The van der Waals surface area contributed by atoms with Crippen LogP contribution in [0.15, 0.2) is 12.3 Å². The molecule has 0 saturated heterocycles. The number of rotatable bonds is 2. The lowest BCUT2D eigenvalue weighted by atomic mass is 9.89. The van der Waals surface area contributed by atoms with Gasteiger partial charge in [0.25, 0.3) is 6.43 Å². The largest absolute Gasteiger partial charge is 0.346 e. The average Bonchev–Trinajstić information content (AvgIpc) is 2.30. The molecular weight excluding hydrogens is 184 g/mol. The van der Waals surface area contributed by atoms with E-state index in [1.54, 1.807) is 4.57 Å². The summed E-state index contributed by atoms with van der Waals surface area (Å²) >= 11 is 0. The summed E-state index contributed by atoms with van der Waals surface area (Å²) in [5, 5.41) is 0. The fraction of sp³-hybridized carbons (Fsp3) is 0.636. The molecule has 0 spiro atoms. The Morgan fingerprint density at radius 3 is 2.29 bits per heavy atom. The van der Waals surface area contributed by atoms with Gasteiger partial charge in [-0.2, -0.15) is 0 Å². The minimum atomic E-state index is -2.28. The van der Waals surface area contributed by atoms with Gasteiger partial charge in [-0.1, -0.05) is 20.8 Å². The van der Waals surface area contributed by atoms with Crippen molar-refractivity contribution in [3.63, 3.8) is 0 Å². The maximum absolute atomic E-state index is 12.2. The second kappa shape index (κ2) is 3.71. The molecule has 0 aliphatic heterocycles. The molecule has 0 fully saturated rings. The molecule has 0 N–H and O–H groups in total.